The summed E-state index contributed by atoms with van der Waals surface area (Å²) in [5, 5.41) is 37.7. The normalized spacial score (nSPS) is 11.3. The first-order valence-electron chi connectivity index (χ1n) is 16.9. The van der Waals surface area contributed by atoms with Crippen molar-refractivity contribution in [1.82, 2.24) is 9.13 Å². The van der Waals surface area contributed by atoms with Crippen molar-refractivity contribution in [2.24, 2.45) is 0 Å². The first-order chi connectivity index (χ1) is 26.2. The van der Waals surface area contributed by atoms with Gasteiger partial charge in [0.1, 0.15) is 23.3 Å². The van der Waals surface area contributed by atoms with E-state index in [9.17, 15) is 15.8 Å². The topological polar surface area (TPSA) is 98.7 Å². The average molecular weight is 675 g/mol. The van der Waals surface area contributed by atoms with Crippen LogP contribution >= 0.6 is 0 Å². The third kappa shape index (κ3) is 3.99. The fraction of sp³-hybridized carbons (Fsp3) is 0. The van der Waals surface area contributed by atoms with Gasteiger partial charge in [0, 0.05) is 32.5 Å². The van der Waals surface area contributed by atoms with Gasteiger partial charge in [-0.1, -0.05) is 84.9 Å². The van der Waals surface area contributed by atoms with Crippen LogP contribution in [-0.4, -0.2) is 9.13 Å². The van der Waals surface area contributed by atoms with E-state index < -0.39 is 0 Å². The van der Waals surface area contributed by atoms with Gasteiger partial charge in [0.15, 0.2) is 0 Å². The van der Waals surface area contributed by atoms with Crippen LogP contribution in [0.1, 0.15) is 16.7 Å². The number of nitriles is 3. The van der Waals surface area contributed by atoms with E-state index in [2.05, 4.69) is 35.2 Å². The summed E-state index contributed by atoms with van der Waals surface area (Å²) >= 11 is 0. The summed E-state index contributed by atoms with van der Waals surface area (Å²) in [6.45, 7) is 8.43. The zero-order valence-electron chi connectivity index (χ0n) is 27.8. The third-order valence-corrected chi connectivity index (χ3v) is 10.3. The first-order valence-corrected chi connectivity index (χ1v) is 16.9. The molecule has 0 aliphatic rings. The van der Waals surface area contributed by atoms with Gasteiger partial charge in [0.2, 0.25) is 5.69 Å². The number of rotatable bonds is 3. The highest BCUT2D eigenvalue weighted by atomic mass is 16.3. The van der Waals surface area contributed by atoms with E-state index in [4.69, 9.17) is 11.0 Å². The number of benzene rings is 7. The predicted octanol–water partition coefficient (Wildman–Crippen LogP) is 11.6. The van der Waals surface area contributed by atoms with Crippen LogP contribution in [0.4, 0.5) is 5.69 Å². The summed E-state index contributed by atoms with van der Waals surface area (Å²) in [7, 11) is 0. The van der Waals surface area contributed by atoms with Crippen LogP contribution in [-0.2, 0) is 0 Å². The molecule has 0 unspecified atom stereocenters. The predicted molar refractivity (Wildman–Crippen MR) is 208 cm³/mol. The maximum absolute atomic E-state index is 10.9. The molecule has 53 heavy (non-hydrogen) atoms. The molecule has 3 heterocycles. The van der Waals surface area contributed by atoms with Gasteiger partial charge < -0.3 is 13.6 Å². The highest BCUT2D eigenvalue weighted by molar-refractivity contribution is 6.24. The molecule has 7 aromatic carbocycles. The van der Waals surface area contributed by atoms with Crippen molar-refractivity contribution in [2.45, 2.75) is 0 Å². The zero-order valence-corrected chi connectivity index (χ0v) is 27.8. The van der Waals surface area contributed by atoms with Gasteiger partial charge in [-0.15, -0.1) is 0 Å². The number of furan rings is 1. The number of nitrogens with zero attached hydrogens (tertiary/aromatic N) is 6. The Morgan fingerprint density at radius 1 is 0.509 bits per heavy atom. The summed E-state index contributed by atoms with van der Waals surface area (Å²) in [5.74, 6) is 0. The smallest absolute Gasteiger partial charge is 0.228 e. The molecule has 0 aliphatic heterocycles. The summed E-state index contributed by atoms with van der Waals surface area (Å²) in [4.78, 5) is 3.99. The second kappa shape index (κ2) is 11.2. The van der Waals surface area contributed by atoms with Gasteiger partial charge in [-0.05, 0) is 54.1 Å². The van der Waals surface area contributed by atoms with Crippen molar-refractivity contribution in [3.05, 3.63) is 162 Å². The quantitative estimate of drug-likeness (QED) is 0.174. The summed E-state index contributed by atoms with van der Waals surface area (Å²) < 4.78 is 10.5. The number of para-hydroxylation sites is 4. The molecule has 0 saturated carbocycles. The molecule has 10 aromatic rings. The van der Waals surface area contributed by atoms with Gasteiger partial charge in [-0.3, -0.25) is 0 Å². The van der Waals surface area contributed by atoms with E-state index in [0.717, 1.165) is 65.6 Å². The molecule has 0 N–H and O–H groups in total. The lowest BCUT2D eigenvalue weighted by atomic mass is 9.92. The van der Waals surface area contributed by atoms with Crippen molar-refractivity contribution < 1.29 is 4.42 Å². The molecule has 0 fully saturated rings. The maximum atomic E-state index is 10.9. The monoisotopic (exact) mass is 674 g/mol. The molecule has 0 saturated heterocycles. The SMILES string of the molecule is [C-]#[N+]c1c(-n2c3ccccc3c3ccccc32)ccc(-c2ccc(C#N)c(C#N)c2-n2c3ccccc3c3c4oc5ccccc5c4ccc32)c1C#N. The van der Waals surface area contributed by atoms with E-state index in [1.54, 1.807) is 12.1 Å². The molecule has 3 aromatic heterocycles. The van der Waals surface area contributed by atoms with Crippen molar-refractivity contribution in [2.75, 3.05) is 0 Å². The molecule has 7 heteroatoms. The summed E-state index contributed by atoms with van der Waals surface area (Å²) in [5.41, 5.74) is 7.69. The zero-order chi connectivity index (χ0) is 35.8. The van der Waals surface area contributed by atoms with Gasteiger partial charge in [-0.2, -0.15) is 15.8 Å². The molecule has 7 nitrogen and oxygen atoms in total. The van der Waals surface area contributed by atoms with Crippen molar-refractivity contribution in [3.8, 4) is 40.7 Å². The van der Waals surface area contributed by atoms with Crippen LogP contribution in [0.25, 0.3) is 92.9 Å². The van der Waals surface area contributed by atoms with E-state index in [0.29, 0.717) is 22.5 Å². The van der Waals surface area contributed by atoms with Crippen molar-refractivity contribution in [1.29, 1.82) is 15.8 Å². The molecule has 0 bridgehead atoms. The average Bonchev–Trinajstić information content (AvgIpc) is 3.87. The van der Waals surface area contributed by atoms with E-state index in [1.807, 2.05) is 118 Å². The maximum Gasteiger partial charge on any atom is 0.228 e. The Labute approximate surface area is 302 Å². The molecular formula is C46H22N6O. The minimum atomic E-state index is 0.164. The lowest BCUT2D eigenvalue weighted by molar-refractivity contribution is 0.673. The summed E-state index contributed by atoms with van der Waals surface area (Å²) in [6, 6.07) is 50.0. The largest absolute Gasteiger partial charge is 0.455 e. The van der Waals surface area contributed by atoms with Crippen LogP contribution in [0.3, 0.4) is 0 Å². The number of hydrogen-bond acceptors (Lipinski definition) is 4. The second-order valence-corrected chi connectivity index (χ2v) is 12.8. The lowest BCUT2D eigenvalue weighted by Crippen LogP contribution is -2.04. The fourth-order valence-corrected chi connectivity index (χ4v) is 8.12. The number of aromatic nitrogens is 2. The van der Waals surface area contributed by atoms with Gasteiger partial charge in [0.25, 0.3) is 0 Å². The molecule has 0 radical (unpaired) electrons. The van der Waals surface area contributed by atoms with Crippen LogP contribution in [0.2, 0.25) is 0 Å². The Morgan fingerprint density at radius 2 is 1.11 bits per heavy atom. The molecule has 0 spiro atoms. The summed E-state index contributed by atoms with van der Waals surface area (Å²) in [6.07, 6.45) is 0. The van der Waals surface area contributed by atoms with Gasteiger partial charge in [0.05, 0.1) is 68.2 Å². The molecule has 242 valence electrons. The second-order valence-electron chi connectivity index (χ2n) is 12.8. The molecular weight excluding hydrogens is 653 g/mol. The highest BCUT2D eigenvalue weighted by Crippen LogP contribution is 2.46. The Kier molecular flexibility index (Phi) is 6.30. The van der Waals surface area contributed by atoms with Crippen molar-refractivity contribution in [3.63, 3.8) is 0 Å². The first kappa shape index (κ1) is 29.8. The molecule has 0 aliphatic carbocycles. The molecule has 10 rings (SSSR count). The Morgan fingerprint density at radius 3 is 1.77 bits per heavy atom. The lowest BCUT2D eigenvalue weighted by Gasteiger charge is -2.19. The van der Waals surface area contributed by atoms with Crippen LogP contribution < -0.4 is 0 Å². The fourth-order valence-electron chi connectivity index (χ4n) is 8.12. The van der Waals surface area contributed by atoms with E-state index in [-0.39, 0.29) is 22.4 Å². The Bertz CT molecular complexity index is 3350. The minimum Gasteiger partial charge on any atom is -0.455 e. The molecule has 0 atom stereocenters. The van der Waals surface area contributed by atoms with Crippen molar-refractivity contribution >= 4 is 71.2 Å². The highest BCUT2D eigenvalue weighted by Gasteiger charge is 2.27. The van der Waals surface area contributed by atoms with E-state index >= 15 is 0 Å². The third-order valence-electron chi connectivity index (χ3n) is 10.3. The van der Waals surface area contributed by atoms with Gasteiger partial charge in [-0.25, -0.2) is 4.85 Å². The van der Waals surface area contributed by atoms with Crippen LogP contribution in [0, 0.1) is 40.6 Å². The van der Waals surface area contributed by atoms with E-state index in [1.165, 1.54) is 0 Å². The molecule has 0 amide bonds. The minimum absolute atomic E-state index is 0.164. The number of hydrogen-bond donors (Lipinski definition) is 0. The standard InChI is InChI=1S/C46H22N6O/c1-50-44-36(26-49)28(20-23-41(44)51-37-14-6-2-10-29(37)30-11-3-7-15-38(30)51)32-19-18-27(24-47)35(25-48)45(32)52-39-16-8-4-13-34(39)43-40(52)22-21-33-31-12-5-9-17-42(31)53-46(33)43/h2-23H. The van der Waals surface area contributed by atoms with Gasteiger partial charge >= 0.3 is 0 Å². The Hall–Kier alpha value is -8.10. The number of fused-ring (bicyclic) bond motifs is 10. The van der Waals surface area contributed by atoms with Crippen LogP contribution in [0.5, 0.6) is 0 Å². The Balaban J connectivity index is 1.32. The van der Waals surface area contributed by atoms with Crippen LogP contribution in [0.15, 0.2) is 138 Å².